The van der Waals surface area contributed by atoms with E-state index in [0.717, 1.165) is 42.7 Å². The Morgan fingerprint density at radius 1 is 0.966 bits per heavy atom. The third kappa shape index (κ3) is 4.92. The molecule has 0 unspecified atom stereocenters. The van der Waals surface area contributed by atoms with Crippen LogP contribution in [-0.2, 0) is 15.1 Å². The molecular weight excluding hydrogens is 362 g/mol. The van der Waals surface area contributed by atoms with Gasteiger partial charge < -0.3 is 14.8 Å². The average Bonchev–Trinajstić information content (AvgIpc) is 3.02. The number of methoxy groups -OCH3 is 1. The van der Waals surface area contributed by atoms with Gasteiger partial charge in [-0.3, -0.25) is 0 Å². The maximum atomic E-state index is 13.7. The van der Waals surface area contributed by atoms with Crippen LogP contribution in [0.25, 0.3) is 0 Å². The molecule has 1 aliphatic rings. The van der Waals surface area contributed by atoms with Crippen LogP contribution in [0.1, 0.15) is 57.9 Å². The molecule has 1 fully saturated rings. The summed E-state index contributed by atoms with van der Waals surface area (Å²) in [6.07, 6.45) is 6.56. The molecule has 3 rings (SSSR count). The lowest BCUT2D eigenvalue weighted by atomic mass is 9.73. The summed E-state index contributed by atoms with van der Waals surface area (Å²) >= 11 is 0. The van der Waals surface area contributed by atoms with Crippen molar-refractivity contribution in [3.05, 3.63) is 60.2 Å². The maximum absolute atomic E-state index is 13.7. The first kappa shape index (κ1) is 21.2. The minimum atomic E-state index is -0.912. The summed E-state index contributed by atoms with van der Waals surface area (Å²) in [4.78, 5) is 13.7. The highest BCUT2D eigenvalue weighted by Crippen LogP contribution is 2.42. The fraction of sp³-hybridized carbons (Fsp3) is 0.480. The Labute approximate surface area is 174 Å². The molecule has 0 radical (unpaired) electrons. The molecule has 156 valence electrons. The summed E-state index contributed by atoms with van der Waals surface area (Å²) in [5, 5.41) is 3.63. The smallest absolute Gasteiger partial charge is 0.337 e. The third-order valence-electron chi connectivity index (χ3n) is 5.79. The van der Waals surface area contributed by atoms with Gasteiger partial charge >= 0.3 is 5.97 Å². The quantitative estimate of drug-likeness (QED) is 0.467. The molecule has 0 aliphatic heterocycles. The molecule has 4 heteroatoms. The molecule has 4 nitrogen and oxygen atoms in total. The van der Waals surface area contributed by atoms with Gasteiger partial charge in [0.15, 0.2) is 5.54 Å². The van der Waals surface area contributed by atoms with Gasteiger partial charge in [-0.15, -0.1) is 0 Å². The fourth-order valence-corrected chi connectivity index (χ4v) is 4.37. The molecular formula is C25H33NO3. The van der Waals surface area contributed by atoms with Crippen LogP contribution in [0.2, 0.25) is 0 Å². The van der Waals surface area contributed by atoms with Crippen LogP contribution in [0.15, 0.2) is 54.6 Å². The lowest BCUT2D eigenvalue weighted by molar-refractivity contribution is -0.156. The number of anilines is 1. The van der Waals surface area contributed by atoms with E-state index >= 15 is 0 Å². The van der Waals surface area contributed by atoms with E-state index < -0.39 is 5.54 Å². The van der Waals surface area contributed by atoms with Gasteiger partial charge in [0.25, 0.3) is 0 Å². The number of esters is 1. The zero-order valence-electron chi connectivity index (χ0n) is 17.8. The van der Waals surface area contributed by atoms with Crippen molar-refractivity contribution < 1.29 is 14.3 Å². The summed E-state index contributed by atoms with van der Waals surface area (Å²) in [5.74, 6) is 0.766. The maximum Gasteiger partial charge on any atom is 0.337 e. The summed E-state index contributed by atoms with van der Waals surface area (Å²) in [7, 11) is 1.65. The number of ether oxygens (including phenoxy) is 2. The first-order valence-corrected chi connectivity index (χ1v) is 10.7. The number of carbonyl (C=O) groups is 1. The standard InChI is InChI=1S/C25H33NO3/c1-19(2)29-24(27)25(21-13-9-6-10-14-21,20-11-7-4-5-8-12-20)26-22-15-17-23(28-3)18-16-22/h6,9-10,13-20,26H,4-5,7-8,11-12H2,1-3H3/t25-/m0/s1. The van der Waals surface area contributed by atoms with Gasteiger partial charge in [0.2, 0.25) is 0 Å². The van der Waals surface area contributed by atoms with E-state index in [9.17, 15) is 4.79 Å². The molecule has 2 aromatic carbocycles. The summed E-state index contributed by atoms with van der Waals surface area (Å²) in [6, 6.07) is 17.8. The van der Waals surface area contributed by atoms with Crippen LogP contribution in [-0.4, -0.2) is 19.2 Å². The largest absolute Gasteiger partial charge is 0.497 e. The fourth-order valence-electron chi connectivity index (χ4n) is 4.37. The number of rotatable bonds is 7. The molecule has 0 spiro atoms. The molecule has 0 aromatic heterocycles. The Balaban J connectivity index is 2.10. The van der Waals surface area contributed by atoms with Gasteiger partial charge in [-0.05, 0) is 62.4 Å². The average molecular weight is 396 g/mol. The zero-order chi connectivity index (χ0) is 20.7. The Hall–Kier alpha value is -2.49. The Bertz CT molecular complexity index is 764. The van der Waals surface area contributed by atoms with Gasteiger partial charge in [-0.2, -0.15) is 0 Å². The van der Waals surface area contributed by atoms with Crippen molar-refractivity contribution in [3.8, 4) is 5.75 Å². The molecule has 1 aliphatic carbocycles. The molecule has 1 atom stereocenters. The second-order valence-corrected chi connectivity index (χ2v) is 8.17. The third-order valence-corrected chi connectivity index (χ3v) is 5.79. The predicted octanol–water partition coefficient (Wildman–Crippen LogP) is 5.92. The minimum Gasteiger partial charge on any atom is -0.497 e. The van der Waals surface area contributed by atoms with Gasteiger partial charge in [0.05, 0.1) is 13.2 Å². The van der Waals surface area contributed by atoms with Crippen LogP contribution in [0.3, 0.4) is 0 Å². The summed E-state index contributed by atoms with van der Waals surface area (Å²) in [5.41, 5.74) is 0.942. The van der Waals surface area contributed by atoms with Crippen molar-refractivity contribution in [1.82, 2.24) is 0 Å². The van der Waals surface area contributed by atoms with Gasteiger partial charge in [0.1, 0.15) is 5.75 Å². The van der Waals surface area contributed by atoms with Crippen molar-refractivity contribution in [2.24, 2.45) is 5.92 Å². The lowest BCUT2D eigenvalue weighted by Gasteiger charge is -2.41. The topological polar surface area (TPSA) is 47.6 Å². The Morgan fingerprint density at radius 2 is 1.59 bits per heavy atom. The van der Waals surface area contributed by atoms with Crippen LogP contribution in [0, 0.1) is 5.92 Å². The van der Waals surface area contributed by atoms with E-state index in [-0.39, 0.29) is 18.0 Å². The SMILES string of the molecule is COc1ccc(N[C@](C(=O)OC(C)C)(c2ccccc2)C2CCCCCC2)cc1. The highest BCUT2D eigenvalue weighted by molar-refractivity contribution is 5.87. The number of carbonyl (C=O) groups excluding carboxylic acids is 1. The molecule has 1 saturated carbocycles. The van der Waals surface area contributed by atoms with E-state index in [2.05, 4.69) is 5.32 Å². The number of benzene rings is 2. The van der Waals surface area contributed by atoms with Crippen molar-refractivity contribution in [3.63, 3.8) is 0 Å². The van der Waals surface area contributed by atoms with Crippen molar-refractivity contribution in [1.29, 1.82) is 0 Å². The Kier molecular flexibility index (Phi) is 7.18. The van der Waals surface area contributed by atoms with E-state index in [4.69, 9.17) is 9.47 Å². The molecule has 0 amide bonds. The first-order chi connectivity index (χ1) is 14.1. The highest BCUT2D eigenvalue weighted by Gasteiger charge is 2.48. The molecule has 1 N–H and O–H groups in total. The van der Waals surface area contributed by atoms with E-state index in [1.807, 2.05) is 68.4 Å². The van der Waals surface area contributed by atoms with Gasteiger partial charge in [-0.25, -0.2) is 4.79 Å². The second kappa shape index (κ2) is 9.82. The number of hydrogen-bond donors (Lipinski definition) is 1. The molecule has 0 bridgehead atoms. The second-order valence-electron chi connectivity index (χ2n) is 8.17. The first-order valence-electron chi connectivity index (χ1n) is 10.7. The predicted molar refractivity (Wildman–Crippen MR) is 117 cm³/mol. The molecule has 29 heavy (non-hydrogen) atoms. The van der Waals surface area contributed by atoms with Crippen molar-refractivity contribution in [2.75, 3.05) is 12.4 Å². The van der Waals surface area contributed by atoms with Crippen LogP contribution in [0.4, 0.5) is 5.69 Å². The van der Waals surface area contributed by atoms with Crippen LogP contribution in [0.5, 0.6) is 5.75 Å². The van der Waals surface area contributed by atoms with E-state index in [1.54, 1.807) is 7.11 Å². The summed E-state index contributed by atoms with van der Waals surface area (Å²) in [6.45, 7) is 3.82. The van der Waals surface area contributed by atoms with Crippen molar-refractivity contribution in [2.45, 2.75) is 64.0 Å². The minimum absolute atomic E-state index is 0.167. The highest BCUT2D eigenvalue weighted by atomic mass is 16.5. The monoisotopic (exact) mass is 395 g/mol. The molecule has 0 heterocycles. The van der Waals surface area contributed by atoms with Gasteiger partial charge in [0, 0.05) is 5.69 Å². The molecule has 2 aromatic rings. The van der Waals surface area contributed by atoms with Crippen LogP contribution >= 0.6 is 0 Å². The summed E-state index contributed by atoms with van der Waals surface area (Å²) < 4.78 is 11.2. The van der Waals surface area contributed by atoms with Crippen molar-refractivity contribution >= 4 is 11.7 Å². The van der Waals surface area contributed by atoms with E-state index in [1.165, 1.54) is 12.8 Å². The molecule has 0 saturated heterocycles. The van der Waals surface area contributed by atoms with Crippen LogP contribution < -0.4 is 10.1 Å². The lowest BCUT2D eigenvalue weighted by Crippen LogP contribution is -2.51. The number of hydrogen-bond acceptors (Lipinski definition) is 4. The zero-order valence-corrected chi connectivity index (χ0v) is 17.8. The van der Waals surface area contributed by atoms with E-state index in [0.29, 0.717) is 0 Å². The number of nitrogens with one attached hydrogen (secondary N) is 1. The normalized spacial score (nSPS) is 17.2. The Morgan fingerprint density at radius 3 is 2.14 bits per heavy atom. The van der Waals surface area contributed by atoms with Gasteiger partial charge in [-0.1, -0.05) is 56.0 Å².